The number of fused-ring (bicyclic) bond motifs is 2. The Morgan fingerprint density at radius 2 is 1.84 bits per heavy atom. The van der Waals surface area contributed by atoms with Crippen molar-refractivity contribution in [3.05, 3.63) is 97.8 Å². The second kappa shape index (κ2) is 9.89. The minimum Gasteiger partial charge on any atom is -0.473 e. The van der Waals surface area contributed by atoms with E-state index < -0.39 is 5.97 Å². The third kappa shape index (κ3) is 4.46. The van der Waals surface area contributed by atoms with Crippen molar-refractivity contribution in [2.75, 3.05) is 7.11 Å². The van der Waals surface area contributed by atoms with Gasteiger partial charge in [-0.3, -0.25) is 4.79 Å². The maximum Gasteiger partial charge on any atom is 0.337 e. The highest BCUT2D eigenvalue weighted by atomic mass is 35.5. The molecule has 0 spiro atoms. The van der Waals surface area contributed by atoms with Gasteiger partial charge in [-0.15, -0.1) is 0 Å². The Kier molecular flexibility index (Phi) is 6.41. The standard InChI is InChI=1S/C29H22Cl2N2O5/c1-36-29(35)17-8-5-15-9-11-23-18(27(34)19(15)13-17)10-12-24(32-23)37-14-20-26(33-38-28(20)16-6-7-16)25-21(30)3-2-4-22(25)31/h2-5,8,10,12-13,16H,6-7,9,11,14H2,1H3. The van der Waals surface area contributed by atoms with Crippen molar-refractivity contribution in [1.82, 2.24) is 10.1 Å². The Balaban J connectivity index is 1.29. The molecule has 0 N–H and O–H groups in total. The summed E-state index contributed by atoms with van der Waals surface area (Å²) in [6.45, 7) is 0.161. The van der Waals surface area contributed by atoms with Crippen LogP contribution in [0.15, 0.2) is 53.1 Å². The van der Waals surface area contributed by atoms with Gasteiger partial charge < -0.3 is 14.0 Å². The maximum atomic E-state index is 13.4. The number of aromatic nitrogens is 2. The minimum absolute atomic E-state index is 0.161. The molecule has 1 fully saturated rings. The number of esters is 1. The van der Waals surface area contributed by atoms with Crippen LogP contribution in [0.5, 0.6) is 5.88 Å². The number of halogens is 2. The highest BCUT2D eigenvalue weighted by Gasteiger charge is 2.34. The monoisotopic (exact) mass is 548 g/mol. The Morgan fingerprint density at radius 1 is 1.05 bits per heavy atom. The Morgan fingerprint density at radius 3 is 2.58 bits per heavy atom. The molecule has 0 unspecified atom stereocenters. The number of ketones is 1. The first kappa shape index (κ1) is 24.6. The second-order valence-corrected chi connectivity index (χ2v) is 10.2. The van der Waals surface area contributed by atoms with E-state index in [-0.39, 0.29) is 12.4 Å². The third-order valence-corrected chi connectivity index (χ3v) is 7.56. The molecule has 6 rings (SSSR count). The summed E-state index contributed by atoms with van der Waals surface area (Å²) >= 11 is 12.9. The predicted molar refractivity (Wildman–Crippen MR) is 141 cm³/mol. The van der Waals surface area contributed by atoms with E-state index >= 15 is 0 Å². The molecular weight excluding hydrogens is 527 g/mol. The summed E-state index contributed by atoms with van der Waals surface area (Å²) in [6.07, 6.45) is 3.22. The van der Waals surface area contributed by atoms with Gasteiger partial charge in [-0.1, -0.05) is 40.5 Å². The van der Waals surface area contributed by atoms with E-state index in [0.29, 0.717) is 68.3 Å². The number of hydrogen-bond donors (Lipinski definition) is 0. The quantitative estimate of drug-likeness (QED) is 0.250. The second-order valence-electron chi connectivity index (χ2n) is 9.37. The summed E-state index contributed by atoms with van der Waals surface area (Å²) in [5.74, 6) is 0.795. The van der Waals surface area contributed by atoms with Crippen LogP contribution in [-0.4, -0.2) is 29.0 Å². The first-order valence-electron chi connectivity index (χ1n) is 12.3. The molecule has 9 heteroatoms. The number of nitrogens with zero attached hydrogens (tertiary/aromatic N) is 2. The molecule has 2 aromatic carbocycles. The predicted octanol–water partition coefficient (Wildman–Crippen LogP) is 6.62. The summed E-state index contributed by atoms with van der Waals surface area (Å²) in [6, 6.07) is 13.8. The zero-order chi connectivity index (χ0) is 26.4. The zero-order valence-electron chi connectivity index (χ0n) is 20.4. The van der Waals surface area contributed by atoms with Gasteiger partial charge in [-0.2, -0.15) is 0 Å². The zero-order valence-corrected chi connectivity index (χ0v) is 21.9. The average molecular weight is 549 g/mol. The van der Waals surface area contributed by atoms with Crippen LogP contribution in [0.4, 0.5) is 0 Å². The fraction of sp³-hybridized carbons (Fsp3) is 0.241. The number of benzene rings is 2. The lowest BCUT2D eigenvalue weighted by molar-refractivity contribution is 0.0600. The van der Waals surface area contributed by atoms with Crippen molar-refractivity contribution in [1.29, 1.82) is 0 Å². The van der Waals surface area contributed by atoms with Gasteiger partial charge in [0.2, 0.25) is 5.88 Å². The Hall–Kier alpha value is -3.68. The van der Waals surface area contributed by atoms with E-state index in [4.69, 9.17) is 37.2 Å². The molecule has 0 bridgehead atoms. The van der Waals surface area contributed by atoms with Crippen molar-refractivity contribution in [3.8, 4) is 17.1 Å². The van der Waals surface area contributed by atoms with Crippen LogP contribution in [0.1, 0.15) is 67.6 Å². The molecule has 192 valence electrons. The molecule has 0 amide bonds. The van der Waals surface area contributed by atoms with Crippen LogP contribution in [0.2, 0.25) is 10.0 Å². The van der Waals surface area contributed by atoms with Crippen LogP contribution in [0.3, 0.4) is 0 Å². The van der Waals surface area contributed by atoms with Crippen LogP contribution in [0.25, 0.3) is 11.3 Å². The molecule has 0 saturated heterocycles. The number of rotatable bonds is 6. The molecule has 0 aliphatic heterocycles. The number of carbonyl (C=O) groups is 2. The number of hydrogen-bond acceptors (Lipinski definition) is 7. The lowest BCUT2D eigenvalue weighted by atomic mass is 9.97. The van der Waals surface area contributed by atoms with Crippen LogP contribution in [-0.2, 0) is 24.2 Å². The van der Waals surface area contributed by atoms with Gasteiger partial charge in [-0.25, -0.2) is 9.78 Å². The lowest BCUT2D eigenvalue weighted by Gasteiger charge is -2.11. The molecule has 7 nitrogen and oxygen atoms in total. The Bertz CT molecular complexity index is 1570. The molecule has 1 saturated carbocycles. The molecule has 2 aliphatic carbocycles. The fourth-order valence-electron chi connectivity index (χ4n) is 4.80. The van der Waals surface area contributed by atoms with Gasteiger partial charge >= 0.3 is 5.97 Å². The number of aryl methyl sites for hydroxylation is 2. The van der Waals surface area contributed by atoms with E-state index in [2.05, 4.69) is 10.1 Å². The largest absolute Gasteiger partial charge is 0.473 e. The molecule has 38 heavy (non-hydrogen) atoms. The smallest absolute Gasteiger partial charge is 0.337 e. The molecule has 2 aliphatic rings. The van der Waals surface area contributed by atoms with Crippen molar-refractivity contribution < 1.29 is 23.6 Å². The van der Waals surface area contributed by atoms with E-state index in [9.17, 15) is 9.59 Å². The first-order valence-corrected chi connectivity index (χ1v) is 13.0. The SMILES string of the molecule is COC(=O)c1ccc2c(c1)C(=O)c1ccc(OCc3c(-c4c(Cl)cccc4Cl)noc3C3CC3)nc1CC2. The van der Waals surface area contributed by atoms with Gasteiger partial charge in [0.25, 0.3) is 0 Å². The molecular formula is C29H22Cl2N2O5. The Labute approximate surface area is 228 Å². The molecule has 2 aromatic heterocycles. The van der Waals surface area contributed by atoms with Crippen LogP contribution < -0.4 is 4.74 Å². The normalized spacial score (nSPS) is 14.4. The summed E-state index contributed by atoms with van der Waals surface area (Å²) in [5, 5.41) is 5.26. The maximum absolute atomic E-state index is 13.4. The third-order valence-electron chi connectivity index (χ3n) is 6.93. The van der Waals surface area contributed by atoms with E-state index in [1.54, 1.807) is 48.5 Å². The van der Waals surface area contributed by atoms with Crippen molar-refractivity contribution in [2.45, 2.75) is 38.2 Å². The molecule has 0 atom stereocenters. The highest BCUT2D eigenvalue weighted by Crippen LogP contribution is 2.46. The van der Waals surface area contributed by atoms with E-state index in [0.717, 1.165) is 29.7 Å². The number of pyridine rings is 1. The number of methoxy groups -OCH3 is 1. The van der Waals surface area contributed by atoms with E-state index in [1.165, 1.54) is 7.11 Å². The minimum atomic E-state index is -0.483. The molecule has 2 heterocycles. The number of ether oxygens (including phenoxy) is 2. The lowest BCUT2D eigenvalue weighted by Crippen LogP contribution is -2.09. The molecule has 0 radical (unpaired) electrons. The average Bonchev–Trinajstić information content (AvgIpc) is 3.71. The van der Waals surface area contributed by atoms with Crippen molar-refractivity contribution in [3.63, 3.8) is 0 Å². The summed E-state index contributed by atoms with van der Waals surface area (Å²) < 4.78 is 16.7. The van der Waals surface area contributed by atoms with Crippen molar-refractivity contribution >= 4 is 35.0 Å². The van der Waals surface area contributed by atoms with Gasteiger partial charge in [0.1, 0.15) is 18.1 Å². The fourth-order valence-corrected chi connectivity index (χ4v) is 5.38. The van der Waals surface area contributed by atoms with Crippen molar-refractivity contribution in [2.24, 2.45) is 0 Å². The first-order chi connectivity index (χ1) is 18.4. The van der Waals surface area contributed by atoms with Gasteiger partial charge in [0, 0.05) is 28.7 Å². The topological polar surface area (TPSA) is 91.5 Å². The summed E-state index contributed by atoms with van der Waals surface area (Å²) in [7, 11) is 1.32. The van der Waals surface area contributed by atoms with Gasteiger partial charge in [0.15, 0.2) is 5.78 Å². The summed E-state index contributed by atoms with van der Waals surface area (Å²) in [5.41, 5.74) is 4.78. The van der Waals surface area contributed by atoms with Gasteiger partial charge in [0.05, 0.1) is 34.0 Å². The summed E-state index contributed by atoms with van der Waals surface area (Å²) in [4.78, 5) is 30.0. The van der Waals surface area contributed by atoms with Crippen LogP contribution >= 0.6 is 23.2 Å². The van der Waals surface area contributed by atoms with Crippen LogP contribution in [0, 0.1) is 0 Å². The number of carbonyl (C=O) groups excluding carboxylic acids is 2. The van der Waals surface area contributed by atoms with Gasteiger partial charge in [-0.05, 0) is 61.6 Å². The molecule has 4 aromatic rings. The highest BCUT2D eigenvalue weighted by molar-refractivity contribution is 6.39. The van der Waals surface area contributed by atoms with E-state index in [1.807, 2.05) is 0 Å².